The van der Waals surface area contributed by atoms with E-state index in [1.807, 2.05) is 0 Å². The average molecular weight is 695 g/mol. The number of aliphatic hydroxyl groups excluding tert-OH is 1. The molecule has 19 heteroatoms. The summed E-state index contributed by atoms with van der Waals surface area (Å²) in [5.41, 5.74) is 1.33. The molecule has 0 spiro atoms. The van der Waals surface area contributed by atoms with Crippen molar-refractivity contribution >= 4 is 29.5 Å². The molecule has 1 amide bonds. The summed E-state index contributed by atoms with van der Waals surface area (Å²) >= 11 is 5.88. The summed E-state index contributed by atoms with van der Waals surface area (Å²) in [4.78, 5) is 43.0. The molecule has 0 radical (unpaired) electrons. The number of halogens is 7. The largest absolute Gasteiger partial charge is 0.535 e. The average Bonchev–Trinajstić information content (AvgIpc) is 3.28. The monoisotopic (exact) mass is 694 g/mol. The highest BCUT2D eigenvalue weighted by atomic mass is 35.5. The number of carbonyl (C=O) groups is 2. The molecule has 0 aliphatic heterocycles. The van der Waals surface area contributed by atoms with Gasteiger partial charge in [0, 0.05) is 10.6 Å². The fraction of sp³-hybridized carbons (Fsp3) is 0.393. The van der Waals surface area contributed by atoms with Gasteiger partial charge in [-0.1, -0.05) is 42.7 Å². The van der Waals surface area contributed by atoms with Crippen molar-refractivity contribution in [3.63, 3.8) is 0 Å². The van der Waals surface area contributed by atoms with E-state index in [9.17, 15) is 45.8 Å². The Hall–Kier alpha value is -4.58. The van der Waals surface area contributed by atoms with Crippen LogP contribution in [0.15, 0.2) is 58.5 Å². The number of hydrogen-bond acceptors (Lipinski definition) is 8. The van der Waals surface area contributed by atoms with E-state index in [2.05, 4.69) is 20.4 Å². The number of aliphatic hydroxyl groups is 1. The van der Waals surface area contributed by atoms with E-state index in [1.54, 1.807) is 13.8 Å². The zero-order chi connectivity index (χ0) is 35.3. The van der Waals surface area contributed by atoms with E-state index in [4.69, 9.17) is 22.1 Å². The van der Waals surface area contributed by atoms with Crippen LogP contribution in [-0.4, -0.2) is 56.2 Å². The summed E-state index contributed by atoms with van der Waals surface area (Å²) in [6, 6.07) is 8.97. The second kappa shape index (κ2) is 14.5. The molecule has 4 N–H and O–H groups in total. The first kappa shape index (κ1) is 36.9. The SMILES string of the molecule is CC(C)COC(=O)ON=C(N)C(C)(NC(=O)Cn1nc(-c2ccc(Cl)cc2)n(CC(O)C(F)(F)F)c1=O)c1cccc(C(F)(F)F)c1. The minimum atomic E-state index is -5.11. The van der Waals surface area contributed by atoms with Gasteiger partial charge in [-0.3, -0.25) is 14.2 Å². The molecule has 2 unspecified atom stereocenters. The zero-order valence-electron chi connectivity index (χ0n) is 24.9. The van der Waals surface area contributed by atoms with Gasteiger partial charge in [0.05, 0.1) is 18.7 Å². The summed E-state index contributed by atoms with van der Waals surface area (Å²) in [6.07, 6.45) is -14.2. The van der Waals surface area contributed by atoms with Crippen LogP contribution in [0.2, 0.25) is 5.02 Å². The lowest BCUT2D eigenvalue weighted by molar-refractivity contribution is -0.207. The third-order valence-electron chi connectivity index (χ3n) is 6.47. The van der Waals surface area contributed by atoms with Crippen molar-refractivity contribution in [2.45, 2.75) is 57.9 Å². The molecule has 0 aliphatic rings. The first-order valence-electron chi connectivity index (χ1n) is 13.6. The smallest absolute Gasteiger partial charge is 0.432 e. The number of nitrogens with zero attached hydrogens (tertiary/aromatic N) is 4. The standard InChI is InChI=1S/C28H29ClF6N6O6/c1-15(2)14-46-25(45)47-39-23(36)26(3,17-5-4-6-18(11-17)27(30,31)32)37-21(43)13-41-24(44)40(12-20(42)28(33,34)35)22(38-41)16-7-9-19(29)10-8-16/h4-11,15,20,42H,12-14H2,1-3H3,(H2,36,39)(H,37,43). The van der Waals surface area contributed by atoms with Gasteiger partial charge in [-0.05, 0) is 54.8 Å². The lowest BCUT2D eigenvalue weighted by Gasteiger charge is -2.30. The maximum absolute atomic E-state index is 13.5. The number of amides is 1. The van der Waals surface area contributed by atoms with Crippen LogP contribution in [0.1, 0.15) is 31.9 Å². The highest BCUT2D eigenvalue weighted by Crippen LogP contribution is 2.32. The molecule has 47 heavy (non-hydrogen) atoms. The van der Waals surface area contributed by atoms with Crippen molar-refractivity contribution in [3.05, 3.63) is 75.2 Å². The van der Waals surface area contributed by atoms with E-state index in [0.29, 0.717) is 15.3 Å². The molecule has 0 saturated carbocycles. The van der Waals surface area contributed by atoms with Crippen LogP contribution in [0.4, 0.5) is 31.1 Å². The summed E-state index contributed by atoms with van der Waals surface area (Å²) < 4.78 is 85.9. The Bertz CT molecular complexity index is 1670. The maximum Gasteiger partial charge on any atom is 0.535 e. The molecular formula is C28H29ClF6N6O6. The van der Waals surface area contributed by atoms with Gasteiger partial charge in [0.25, 0.3) is 0 Å². The molecular weight excluding hydrogens is 666 g/mol. The van der Waals surface area contributed by atoms with Crippen LogP contribution < -0.4 is 16.7 Å². The second-order valence-electron chi connectivity index (χ2n) is 10.7. The Morgan fingerprint density at radius 3 is 2.28 bits per heavy atom. The quantitative estimate of drug-likeness (QED) is 0.0664. The van der Waals surface area contributed by atoms with Crippen LogP contribution >= 0.6 is 11.6 Å². The first-order chi connectivity index (χ1) is 21.7. The Labute approximate surface area is 267 Å². The number of carbonyl (C=O) groups excluding carboxylic acids is 2. The molecule has 256 valence electrons. The van der Waals surface area contributed by atoms with Crippen molar-refractivity contribution in [3.8, 4) is 11.4 Å². The molecule has 3 aromatic rings. The van der Waals surface area contributed by atoms with Crippen molar-refractivity contribution < 1.29 is 50.6 Å². The predicted molar refractivity (Wildman–Crippen MR) is 155 cm³/mol. The summed E-state index contributed by atoms with van der Waals surface area (Å²) in [6.45, 7) is 2.26. The number of aromatic nitrogens is 3. The van der Waals surface area contributed by atoms with Gasteiger partial charge in [0.15, 0.2) is 17.8 Å². The normalized spacial score (nSPS) is 14.4. The van der Waals surface area contributed by atoms with Gasteiger partial charge < -0.3 is 20.9 Å². The molecule has 0 aliphatic carbocycles. The number of oxime groups is 1. The van der Waals surface area contributed by atoms with E-state index in [-0.39, 0.29) is 34.5 Å². The number of benzene rings is 2. The molecule has 2 atom stereocenters. The summed E-state index contributed by atoms with van der Waals surface area (Å²) in [5.74, 6) is -2.30. The summed E-state index contributed by atoms with van der Waals surface area (Å²) in [7, 11) is 0. The molecule has 0 fully saturated rings. The van der Waals surface area contributed by atoms with Gasteiger partial charge in [-0.25, -0.2) is 14.3 Å². The molecule has 0 saturated heterocycles. The Morgan fingerprint density at radius 1 is 1.09 bits per heavy atom. The molecule has 12 nitrogen and oxygen atoms in total. The lowest BCUT2D eigenvalue weighted by Crippen LogP contribution is -2.54. The first-order valence-corrected chi connectivity index (χ1v) is 13.9. The number of rotatable bonds is 11. The fourth-order valence-corrected chi connectivity index (χ4v) is 4.11. The van der Waals surface area contributed by atoms with Gasteiger partial charge in [-0.15, -0.1) is 5.10 Å². The van der Waals surface area contributed by atoms with Crippen molar-refractivity contribution in [1.82, 2.24) is 19.7 Å². The van der Waals surface area contributed by atoms with Gasteiger partial charge in [-0.2, -0.15) is 26.3 Å². The topological polar surface area (TPSA) is 163 Å². The molecule has 0 bridgehead atoms. The highest BCUT2D eigenvalue weighted by Gasteiger charge is 2.40. The minimum absolute atomic E-state index is 0.0602. The number of nitrogens with two attached hydrogens (primary N) is 1. The number of hydrogen-bond donors (Lipinski definition) is 3. The maximum atomic E-state index is 13.5. The van der Waals surface area contributed by atoms with Gasteiger partial charge in [0.2, 0.25) is 5.91 Å². The summed E-state index contributed by atoms with van der Waals surface area (Å²) in [5, 5.41) is 19.6. The Kier molecular flexibility index (Phi) is 11.3. The van der Waals surface area contributed by atoms with Crippen molar-refractivity contribution in [2.24, 2.45) is 16.8 Å². The van der Waals surface area contributed by atoms with Crippen molar-refractivity contribution in [2.75, 3.05) is 6.61 Å². The number of amidine groups is 1. The number of ether oxygens (including phenoxy) is 1. The third kappa shape index (κ3) is 9.47. The molecule has 3 rings (SSSR count). The Morgan fingerprint density at radius 2 is 1.70 bits per heavy atom. The molecule has 1 heterocycles. The van der Waals surface area contributed by atoms with E-state index in [1.165, 1.54) is 24.3 Å². The van der Waals surface area contributed by atoms with Crippen LogP contribution in [0.5, 0.6) is 0 Å². The zero-order valence-corrected chi connectivity index (χ0v) is 25.7. The van der Waals surface area contributed by atoms with Crippen LogP contribution in [0, 0.1) is 5.92 Å². The predicted octanol–water partition coefficient (Wildman–Crippen LogP) is 4.42. The van der Waals surface area contributed by atoms with E-state index >= 15 is 0 Å². The van der Waals surface area contributed by atoms with E-state index < -0.39 is 66.2 Å². The number of alkyl halides is 6. The van der Waals surface area contributed by atoms with E-state index in [0.717, 1.165) is 25.1 Å². The highest BCUT2D eigenvalue weighted by molar-refractivity contribution is 6.30. The number of nitrogens with one attached hydrogen (secondary N) is 1. The Balaban J connectivity index is 2.02. The van der Waals surface area contributed by atoms with Crippen molar-refractivity contribution in [1.29, 1.82) is 0 Å². The van der Waals surface area contributed by atoms with Gasteiger partial charge >= 0.3 is 24.2 Å². The lowest BCUT2D eigenvalue weighted by atomic mass is 9.89. The third-order valence-corrected chi connectivity index (χ3v) is 6.73. The van der Waals surface area contributed by atoms with Crippen LogP contribution in [0.25, 0.3) is 11.4 Å². The fourth-order valence-electron chi connectivity index (χ4n) is 3.98. The molecule has 1 aromatic heterocycles. The minimum Gasteiger partial charge on any atom is -0.432 e. The van der Waals surface area contributed by atoms with Crippen LogP contribution in [-0.2, 0) is 39.2 Å². The van der Waals surface area contributed by atoms with Crippen LogP contribution in [0.3, 0.4) is 0 Å². The molecule has 2 aromatic carbocycles. The van der Waals surface area contributed by atoms with Gasteiger partial charge in [0.1, 0.15) is 12.1 Å². The second-order valence-corrected chi connectivity index (χ2v) is 11.1.